The second kappa shape index (κ2) is 5.16. The SMILES string of the molecule is COc1ccc([P+]2([O-])OC=c3ccccc3=CO2)cc1. The number of hydrogen-bond acceptors (Lipinski definition) is 4. The zero-order valence-electron chi connectivity index (χ0n) is 10.9. The van der Waals surface area contributed by atoms with Crippen molar-refractivity contribution in [3.8, 4) is 5.75 Å². The number of ether oxygens (including phenoxy) is 1. The maximum Gasteiger partial charge on any atom is 0.363 e. The Labute approximate surface area is 117 Å². The molecule has 2 aromatic carbocycles. The average molecular weight is 288 g/mol. The van der Waals surface area contributed by atoms with E-state index in [-0.39, 0.29) is 0 Å². The molecule has 5 heteroatoms. The van der Waals surface area contributed by atoms with Crippen LogP contribution in [-0.4, -0.2) is 7.11 Å². The second-order valence-corrected chi connectivity index (χ2v) is 6.20. The lowest BCUT2D eigenvalue weighted by molar-refractivity contribution is -0.200. The minimum Gasteiger partial charge on any atom is -0.612 e. The van der Waals surface area contributed by atoms with Crippen LogP contribution in [-0.2, 0) is 9.05 Å². The number of benzene rings is 2. The third kappa shape index (κ3) is 2.36. The van der Waals surface area contributed by atoms with Crippen LogP contribution in [0, 0.1) is 0 Å². The largest absolute Gasteiger partial charge is 0.612 e. The fourth-order valence-electron chi connectivity index (χ4n) is 1.89. The first-order valence-electron chi connectivity index (χ1n) is 6.08. The quantitative estimate of drug-likeness (QED) is 0.762. The highest BCUT2D eigenvalue weighted by Crippen LogP contribution is 2.52. The fraction of sp³-hybridized carbons (Fsp3) is 0.0667. The van der Waals surface area contributed by atoms with E-state index < -0.39 is 7.94 Å². The van der Waals surface area contributed by atoms with Crippen molar-refractivity contribution < 1.29 is 18.7 Å². The summed E-state index contributed by atoms with van der Waals surface area (Å²) in [6, 6.07) is 14.3. The molecule has 0 amide bonds. The van der Waals surface area contributed by atoms with E-state index in [1.165, 1.54) is 12.5 Å². The summed E-state index contributed by atoms with van der Waals surface area (Å²) in [6.45, 7) is 0. The number of fused-ring (bicyclic) bond motifs is 1. The molecule has 0 aromatic heterocycles. The van der Waals surface area contributed by atoms with E-state index in [9.17, 15) is 4.89 Å². The Morgan fingerprint density at radius 3 is 1.95 bits per heavy atom. The molecule has 1 aliphatic heterocycles. The van der Waals surface area contributed by atoms with Crippen LogP contribution in [0.25, 0.3) is 12.5 Å². The molecule has 0 N–H and O–H groups in total. The average Bonchev–Trinajstić information content (AvgIpc) is 2.68. The van der Waals surface area contributed by atoms with Crippen LogP contribution < -0.4 is 25.4 Å². The Morgan fingerprint density at radius 2 is 1.45 bits per heavy atom. The summed E-state index contributed by atoms with van der Waals surface area (Å²) in [5.74, 6) is 0.686. The molecular weight excluding hydrogens is 275 g/mol. The van der Waals surface area contributed by atoms with Crippen molar-refractivity contribution in [1.82, 2.24) is 0 Å². The molecule has 102 valence electrons. The first-order chi connectivity index (χ1) is 9.71. The van der Waals surface area contributed by atoms with Crippen molar-refractivity contribution >= 4 is 25.8 Å². The second-order valence-electron chi connectivity index (χ2n) is 4.27. The Hall–Kier alpha value is -2.03. The van der Waals surface area contributed by atoms with E-state index in [1.807, 2.05) is 24.3 Å². The van der Waals surface area contributed by atoms with Gasteiger partial charge in [-0.05, 0) is 24.3 Å². The highest BCUT2D eigenvalue weighted by atomic mass is 31.2. The first-order valence-corrected chi connectivity index (χ1v) is 7.62. The lowest BCUT2D eigenvalue weighted by atomic mass is 10.3. The standard InChI is InChI=1S/C15H13O4P/c1-17-14-6-8-15(9-7-14)20(16)18-10-12-4-2-3-5-13(12)11-19-20/h2-11H,1H3. The minimum absolute atomic E-state index is 0.485. The van der Waals surface area contributed by atoms with Crippen molar-refractivity contribution in [3.63, 3.8) is 0 Å². The van der Waals surface area contributed by atoms with Gasteiger partial charge in [-0.2, -0.15) is 0 Å². The Morgan fingerprint density at radius 1 is 0.900 bits per heavy atom. The predicted octanol–water partition coefficient (Wildman–Crippen LogP) is 0.666. The molecule has 0 unspecified atom stereocenters. The molecule has 0 aliphatic carbocycles. The van der Waals surface area contributed by atoms with Gasteiger partial charge in [0.15, 0.2) is 17.8 Å². The van der Waals surface area contributed by atoms with Crippen molar-refractivity contribution in [3.05, 3.63) is 59.0 Å². The van der Waals surface area contributed by atoms with E-state index >= 15 is 0 Å². The lowest BCUT2D eigenvalue weighted by Crippen LogP contribution is -2.23. The van der Waals surface area contributed by atoms with E-state index in [0.29, 0.717) is 11.1 Å². The summed E-state index contributed by atoms with van der Waals surface area (Å²) >= 11 is 0. The van der Waals surface area contributed by atoms with Gasteiger partial charge in [0.25, 0.3) is 0 Å². The van der Waals surface area contributed by atoms with E-state index in [4.69, 9.17) is 13.8 Å². The zero-order chi connectivity index (χ0) is 14.0. The molecule has 0 fully saturated rings. The zero-order valence-corrected chi connectivity index (χ0v) is 11.7. The van der Waals surface area contributed by atoms with Gasteiger partial charge in [0.2, 0.25) is 0 Å². The third-order valence-corrected chi connectivity index (χ3v) is 4.72. The summed E-state index contributed by atoms with van der Waals surface area (Å²) in [7, 11) is -1.81. The van der Waals surface area contributed by atoms with Gasteiger partial charge in [-0.3, -0.25) is 0 Å². The van der Waals surface area contributed by atoms with Crippen LogP contribution >= 0.6 is 7.94 Å². The van der Waals surface area contributed by atoms with Gasteiger partial charge in [0, 0.05) is 10.4 Å². The van der Waals surface area contributed by atoms with E-state index in [0.717, 1.165) is 10.4 Å². The fourth-order valence-corrected chi connectivity index (χ4v) is 3.20. The molecule has 0 saturated carbocycles. The molecule has 0 saturated heterocycles. The monoisotopic (exact) mass is 288 g/mol. The van der Waals surface area contributed by atoms with Gasteiger partial charge in [-0.1, -0.05) is 24.3 Å². The predicted molar refractivity (Wildman–Crippen MR) is 76.3 cm³/mol. The van der Waals surface area contributed by atoms with Gasteiger partial charge < -0.3 is 18.7 Å². The van der Waals surface area contributed by atoms with E-state index in [2.05, 4.69) is 0 Å². The van der Waals surface area contributed by atoms with Gasteiger partial charge in [-0.25, -0.2) is 0 Å². The Kier molecular flexibility index (Phi) is 3.35. The molecule has 0 bridgehead atoms. The van der Waals surface area contributed by atoms with Crippen LogP contribution in [0.1, 0.15) is 0 Å². The molecule has 1 heterocycles. The van der Waals surface area contributed by atoms with Gasteiger partial charge >= 0.3 is 7.94 Å². The molecule has 0 radical (unpaired) electrons. The van der Waals surface area contributed by atoms with Crippen molar-refractivity contribution in [2.75, 3.05) is 7.11 Å². The summed E-state index contributed by atoms with van der Waals surface area (Å²) in [5, 5.41) is 2.15. The number of rotatable bonds is 2. The van der Waals surface area contributed by atoms with Crippen LogP contribution in [0.15, 0.2) is 48.5 Å². The van der Waals surface area contributed by atoms with Crippen molar-refractivity contribution in [2.45, 2.75) is 0 Å². The minimum atomic E-state index is -3.39. The topological polar surface area (TPSA) is 50.8 Å². The highest BCUT2D eigenvalue weighted by Gasteiger charge is 2.34. The lowest BCUT2D eigenvalue weighted by Gasteiger charge is -2.23. The molecule has 20 heavy (non-hydrogen) atoms. The number of methoxy groups -OCH3 is 1. The molecule has 1 aliphatic rings. The Balaban J connectivity index is 1.99. The highest BCUT2D eigenvalue weighted by molar-refractivity contribution is 7.67. The normalized spacial score (nSPS) is 15.5. The molecule has 2 aromatic rings. The summed E-state index contributed by atoms with van der Waals surface area (Å²) in [6.07, 6.45) is 2.95. The molecule has 0 spiro atoms. The summed E-state index contributed by atoms with van der Waals surface area (Å²) in [4.78, 5) is 12.8. The maximum absolute atomic E-state index is 12.8. The van der Waals surface area contributed by atoms with Crippen molar-refractivity contribution in [2.24, 2.45) is 0 Å². The molecular formula is C15H13O4P. The maximum atomic E-state index is 12.8. The third-order valence-electron chi connectivity index (χ3n) is 3.02. The van der Waals surface area contributed by atoms with Crippen LogP contribution in [0.5, 0.6) is 5.75 Å². The van der Waals surface area contributed by atoms with Gasteiger partial charge in [-0.15, -0.1) is 0 Å². The first kappa shape index (κ1) is 13.0. The summed E-state index contributed by atoms with van der Waals surface area (Å²) in [5.41, 5.74) is 0. The molecule has 3 rings (SSSR count). The Bertz CT molecular complexity index is 687. The smallest absolute Gasteiger partial charge is 0.363 e. The summed E-state index contributed by atoms with van der Waals surface area (Å²) < 4.78 is 15.9. The van der Waals surface area contributed by atoms with Gasteiger partial charge in [0.1, 0.15) is 5.75 Å². The molecule has 4 nitrogen and oxygen atoms in total. The van der Waals surface area contributed by atoms with Crippen LogP contribution in [0.4, 0.5) is 0 Å². The van der Waals surface area contributed by atoms with Crippen molar-refractivity contribution in [1.29, 1.82) is 0 Å². The van der Waals surface area contributed by atoms with Crippen LogP contribution in [0.3, 0.4) is 0 Å². The van der Waals surface area contributed by atoms with Crippen LogP contribution in [0.2, 0.25) is 0 Å². The van der Waals surface area contributed by atoms with E-state index in [1.54, 1.807) is 31.4 Å². The van der Waals surface area contributed by atoms with Gasteiger partial charge in [0.05, 0.1) is 7.11 Å². The molecule has 0 atom stereocenters. The number of hydrogen-bond donors (Lipinski definition) is 0.